The molecule has 6 aromatic heterocycles. The van der Waals surface area contributed by atoms with Crippen LogP contribution in [0.4, 0.5) is 66.3 Å². The Hall–Kier alpha value is -15.6. The number of benzene rings is 3. The summed E-state index contributed by atoms with van der Waals surface area (Å²) in [5.74, 6) is -6.76. The smallest absolute Gasteiger partial charge is 1.00 e. The zero-order valence-corrected chi connectivity index (χ0v) is 79.6. The van der Waals surface area contributed by atoms with Gasteiger partial charge in [-0.15, -0.1) is 28.3 Å². The van der Waals surface area contributed by atoms with Gasteiger partial charge in [0.05, 0.1) is 100 Å². The van der Waals surface area contributed by atoms with E-state index in [9.17, 15) is 128 Å². The molecule has 55 nitrogen and oxygen atoms in total. The first-order chi connectivity index (χ1) is 66.5. The van der Waals surface area contributed by atoms with E-state index in [1.165, 1.54) is 104 Å². The van der Waals surface area contributed by atoms with Gasteiger partial charge in [0.15, 0.2) is 0 Å². The number of alkyl halides is 3. The number of nitrogens with zero attached hydrogens (tertiary/aromatic N) is 8. The van der Waals surface area contributed by atoms with Crippen LogP contribution in [0.3, 0.4) is 0 Å². The van der Waals surface area contributed by atoms with Crippen LogP contribution in [-0.2, 0) is 109 Å². The number of aliphatic hydroxyl groups is 4. The predicted octanol–water partition coefficient (Wildman–Crippen LogP) is 7.92. The number of nitrogens with two attached hydrogens (primary N) is 1. The second kappa shape index (κ2) is 65.3. The van der Waals surface area contributed by atoms with E-state index in [1.54, 1.807) is 65.8 Å². The fourth-order valence-corrected chi connectivity index (χ4v) is 9.95. The Morgan fingerprint density at radius 1 is 0.503 bits per heavy atom. The number of halogens is 3. The number of phenolic OH excluding ortho intramolecular Hbond substituents is 1. The fourth-order valence-electron chi connectivity index (χ4n) is 9.66. The molecule has 0 saturated carbocycles. The summed E-state index contributed by atoms with van der Waals surface area (Å²) in [7, 11) is -1.00. The molecule has 0 spiro atoms. The van der Waals surface area contributed by atoms with Crippen molar-refractivity contribution in [1.82, 2.24) is 20.6 Å². The van der Waals surface area contributed by atoms with Gasteiger partial charge >= 0.3 is 89.0 Å². The maximum Gasteiger partial charge on any atom is 1.00 e. The maximum absolute atomic E-state index is 12.2. The number of amides is 9. The topological polar surface area (TPSA) is 795 Å². The normalized spacial score (nSPS) is 11.7. The summed E-state index contributed by atoms with van der Waals surface area (Å²) in [4.78, 5) is 187. The summed E-state index contributed by atoms with van der Waals surface area (Å²) in [5, 5.41) is 127. The van der Waals surface area contributed by atoms with Gasteiger partial charge in [-0.05, 0) is 144 Å². The van der Waals surface area contributed by atoms with Gasteiger partial charge in [0, 0.05) is 46.6 Å². The van der Waals surface area contributed by atoms with Crippen molar-refractivity contribution in [2.24, 2.45) is 5.73 Å². The molecule has 3 aromatic carbocycles. The van der Waals surface area contributed by atoms with Gasteiger partial charge in [0.25, 0.3) is 23.6 Å². The summed E-state index contributed by atoms with van der Waals surface area (Å²) in [6.07, 6.45) is 3.11. The number of hydrogen-bond acceptors (Lipinski definition) is 41. The standard InChI is InChI=1S/C19H23N3O8.C14H15N3O6.C14H20N2O5.C10H8N2O6.2C5H4ClNO3.C5H3NO5.C5H5NO4.C4H8O.CH3F.CH4.B.Na.H/c1-19(2,3)30-18(25)20-9-16(24)21-14-8-12(10-23)4-6-15(14)28-11-13-5-7-17(29-13)22(26)27;15-6-13(19)16-11-5-9(7-18)1-3-12(11)22-8-10-2-4-14(23-10)17(20)21;1-14(2,3)21-13(20)15-7-12(19)16-10-6-9(8-17)4-5-11(10)18;13-6-1-2-7(14)11(6)5-10(17)18-12-8(15)3-4-9(12)16;2*6-3-4-1-2-5(10-4)7(8)9;7-5(8)3-1-2-4(11-3)6(9)10;7-3-4-1-2-5(10-4)6(8)9;1-2-4-5-3-1;1-2;;;;/h4-8,23H,9-11H2,1-3H3,(H,20,25)(H,21,24);1-5,18H,6-8,15H2,(H,16,19);4-6,17-18H,7-8H2,1-3H3,(H,15,20)(H,16,19);1-2H,3-5H2;2*1-2H,3H2;1-2H,(H,7,8);1-2,7H,3H2;1-4H2;1H3;1H4;;;/q;;;;;;;;;;;;+1;-1/i;;;;;;;;;1D;;;;. The number of nitro groups is 6. The van der Waals surface area contributed by atoms with Crippen molar-refractivity contribution in [2.75, 3.05) is 62.5 Å². The second-order valence-corrected chi connectivity index (χ2v) is 29.2. The Kier molecular flexibility index (Phi) is 57.3. The number of carboxylic acid groups (broad SMARTS) is 1. The van der Waals surface area contributed by atoms with Crippen LogP contribution >= 0.6 is 23.2 Å². The number of nitrogens with one attached hydrogen (secondary N) is 5. The number of hydroxylamine groups is 2. The number of alkyl carbamates (subject to hydrolysis) is 2. The zero-order chi connectivity index (χ0) is 106. The third-order valence-corrected chi connectivity index (χ3v) is 16.3. The van der Waals surface area contributed by atoms with E-state index in [-0.39, 0.29) is 194 Å². The molecule has 3 aliphatic heterocycles. The molecule has 0 bridgehead atoms. The summed E-state index contributed by atoms with van der Waals surface area (Å²) < 4.78 is 69.8. The molecule has 771 valence electrons. The summed E-state index contributed by atoms with van der Waals surface area (Å²) in [5.41, 5.74) is 6.31. The van der Waals surface area contributed by atoms with Crippen molar-refractivity contribution < 1.29 is 205 Å². The first kappa shape index (κ1) is 125. The number of carbonyl (C=O) groups excluding carboxylic acids is 10. The number of imide groups is 2. The molecule has 2 fully saturated rings. The molecule has 9 aromatic rings. The number of carboxylic acids is 1. The molecule has 60 heteroatoms. The molecule has 0 aliphatic carbocycles. The number of ether oxygens (including phenoxy) is 5. The molecule has 2 saturated heterocycles. The van der Waals surface area contributed by atoms with E-state index in [4.69, 9.17) is 83.3 Å². The van der Waals surface area contributed by atoms with Crippen LogP contribution in [-0.4, -0.2) is 202 Å². The monoisotopic (exact) mass is 2070 g/mol. The maximum atomic E-state index is 12.2. The fraction of sp³-hybridized carbons (Fsp3) is 0.337. The molecule has 9 amide bonds. The van der Waals surface area contributed by atoms with Gasteiger partial charge in [0.1, 0.15) is 126 Å². The Morgan fingerprint density at radius 3 is 1.13 bits per heavy atom. The average Bonchev–Trinajstić information content (AvgIpc) is 1.77. The summed E-state index contributed by atoms with van der Waals surface area (Å²) in [6, 6.07) is 29.1. The van der Waals surface area contributed by atoms with Crippen LogP contribution < -0.4 is 71.3 Å². The molecule has 3 aliphatic rings. The van der Waals surface area contributed by atoms with Crippen molar-refractivity contribution >= 4 is 149 Å². The largest absolute Gasteiger partial charge is 1.00 e. The van der Waals surface area contributed by atoms with E-state index in [1.807, 2.05) is 0 Å². The van der Waals surface area contributed by atoms with E-state index in [0.29, 0.717) is 49.6 Å². The Morgan fingerprint density at radius 2 is 0.832 bits per heavy atom. The van der Waals surface area contributed by atoms with Crippen LogP contribution in [0.5, 0.6) is 17.2 Å². The van der Waals surface area contributed by atoms with E-state index >= 15 is 0 Å². The molecule has 9 heterocycles. The number of aromatic hydroxyl groups is 1. The minimum Gasteiger partial charge on any atom is -1.00 e. The van der Waals surface area contributed by atoms with Crippen molar-refractivity contribution in [3.8, 4) is 17.2 Å². The van der Waals surface area contributed by atoms with Crippen molar-refractivity contribution in [3.05, 3.63) is 251 Å². The number of anilines is 3. The van der Waals surface area contributed by atoms with Gasteiger partial charge < -0.3 is 119 Å². The Bertz CT molecular complexity index is 5600. The number of aliphatic hydroxyl groups excluding tert-OH is 4. The zero-order valence-electron chi connectivity index (χ0n) is 78.1. The van der Waals surface area contributed by atoms with E-state index < -0.39 is 137 Å². The number of hydrogen-bond donors (Lipinski definition) is 12. The minimum absolute atomic E-state index is 0. The molecule has 0 atom stereocenters. The number of aromatic carboxylic acids is 1. The molecule has 12 rings (SSSR count). The van der Waals surface area contributed by atoms with E-state index in [2.05, 4.69) is 49.1 Å². The number of carbonyl (C=O) groups is 11. The van der Waals surface area contributed by atoms with Crippen molar-refractivity contribution in [3.63, 3.8) is 0 Å². The summed E-state index contributed by atoms with van der Waals surface area (Å²) in [6.45, 7) is 9.60. The summed E-state index contributed by atoms with van der Waals surface area (Å²) >= 11 is 10.7. The minimum atomic E-state index is -1.32. The van der Waals surface area contributed by atoms with Gasteiger partial charge in [-0.3, -0.25) is 104 Å². The van der Waals surface area contributed by atoms with Crippen LogP contribution in [0.1, 0.15) is 133 Å². The first-order valence-electron chi connectivity index (χ1n) is 40.3. The van der Waals surface area contributed by atoms with Gasteiger partial charge in [0.2, 0.25) is 23.5 Å². The second-order valence-electron chi connectivity index (χ2n) is 28.7. The van der Waals surface area contributed by atoms with Crippen molar-refractivity contribution in [2.45, 2.75) is 137 Å². The number of rotatable bonds is 30. The SMILES string of the molecule is C.C1CCOC1.CC(C)(C)OC(=O)NCC(=O)Nc1cc(CO)ccc1O.CC(C)(C)OC(=O)NCC(=O)Nc1cc(CO)ccc1OCc1ccc([N+](=O)[O-])o1.NCC(=O)Nc1cc(CO)ccc1OCc1ccc([N+](=O)[O-])o1.O=C(CN1C(=O)C=CC1=O)ON1C(=O)CCC1=O.O=C(O)c1ccc([N+](=O)[O-])o1.O=[N+]([O-])c1ccc(CCl)o1.O=[N+]([O-])c1ccc(CCl)o1.O=[N+]([O-])c1ccc(CO)o1.[2H]CF.[B].[H-].[Na+]. The van der Waals surface area contributed by atoms with Crippen LogP contribution in [0.25, 0.3) is 0 Å². The predicted molar refractivity (Wildman–Crippen MR) is 489 cm³/mol. The third kappa shape index (κ3) is 48.7. The molecular weight excluding hydrogens is 1970 g/mol. The first-order valence-corrected chi connectivity index (χ1v) is 40.7. The number of phenols is 1. The van der Waals surface area contributed by atoms with E-state index in [0.717, 1.165) is 37.5 Å². The third-order valence-electron chi connectivity index (χ3n) is 15.8. The van der Waals surface area contributed by atoms with Crippen LogP contribution in [0, 0.1) is 60.7 Å². The van der Waals surface area contributed by atoms with Gasteiger partial charge in [-0.2, -0.15) is 0 Å². The molecule has 0 unspecified atom stereocenters. The van der Waals surface area contributed by atoms with Crippen LogP contribution in [0.2, 0.25) is 0 Å². The Labute approximate surface area is 844 Å². The molecule has 143 heavy (non-hydrogen) atoms. The van der Waals surface area contributed by atoms with Gasteiger partial charge in [-0.25, -0.2) is 19.2 Å². The molecule has 3 radical (unpaired) electrons. The molecule has 13 N–H and O–H groups in total. The Balaban J connectivity index is 0. The van der Waals surface area contributed by atoms with Gasteiger partial charge in [-0.1, -0.05) is 25.6 Å². The molecular formula is C83H98BCl2FN14NaO41. The number of furan rings is 6. The quantitative estimate of drug-likeness (QED) is 0.00507. The average molecular weight is 2070 g/mol. The van der Waals surface area contributed by atoms with Crippen molar-refractivity contribution in [1.29, 1.82) is 0 Å². The van der Waals surface area contributed by atoms with Crippen LogP contribution in [0.15, 0.2) is 166 Å².